The minimum Gasteiger partial charge on any atom is -0.480 e. The second kappa shape index (κ2) is 8.23. The van der Waals surface area contributed by atoms with Gasteiger partial charge in [-0.25, -0.2) is 0 Å². The first kappa shape index (κ1) is 17.8. The quantitative estimate of drug-likeness (QED) is 0.591. The van der Waals surface area contributed by atoms with Crippen LogP contribution in [0.3, 0.4) is 0 Å². The van der Waals surface area contributed by atoms with E-state index < -0.39 is 30.0 Å². The van der Waals surface area contributed by atoms with Crippen molar-refractivity contribution in [1.82, 2.24) is 10.2 Å². The van der Waals surface area contributed by atoms with Gasteiger partial charge in [0.2, 0.25) is 11.8 Å². The van der Waals surface area contributed by atoms with Gasteiger partial charge in [0.15, 0.2) is 0 Å². The molecule has 1 heterocycles. The van der Waals surface area contributed by atoms with Gasteiger partial charge in [0, 0.05) is 6.54 Å². The lowest BCUT2D eigenvalue weighted by Gasteiger charge is -2.27. The molecule has 0 radical (unpaired) electrons. The average molecular weight is 317 g/mol. The highest BCUT2D eigenvalue weighted by Crippen LogP contribution is 2.19. The molecule has 0 spiro atoms. The van der Waals surface area contributed by atoms with E-state index in [0.717, 1.165) is 12.2 Å². The minimum atomic E-state index is -1.10. The smallest absolute Gasteiger partial charge is 0.325 e. The van der Waals surface area contributed by atoms with Gasteiger partial charge in [0.05, 0.1) is 6.04 Å². The molecule has 0 aliphatic carbocycles. The fourth-order valence-corrected chi connectivity index (χ4v) is 2.75. The van der Waals surface area contributed by atoms with Crippen LogP contribution in [0.4, 0.5) is 0 Å². The summed E-state index contributed by atoms with van der Waals surface area (Å²) in [7, 11) is 0. The van der Waals surface area contributed by atoms with Crippen molar-refractivity contribution in [3.05, 3.63) is 0 Å². The zero-order valence-electron chi connectivity index (χ0n) is 12.4. The van der Waals surface area contributed by atoms with Gasteiger partial charge in [-0.3, -0.25) is 14.4 Å². The van der Waals surface area contributed by atoms with Crippen LogP contribution in [0.2, 0.25) is 0 Å². The fraction of sp³-hybridized carbons (Fsp3) is 0.769. The molecule has 3 atom stereocenters. The number of hydrogen-bond acceptors (Lipinski definition) is 5. The zero-order chi connectivity index (χ0) is 16.0. The summed E-state index contributed by atoms with van der Waals surface area (Å²) in [4.78, 5) is 36.6. The molecule has 1 aliphatic heterocycles. The van der Waals surface area contributed by atoms with Crippen molar-refractivity contribution in [3.63, 3.8) is 0 Å². The van der Waals surface area contributed by atoms with E-state index in [1.165, 1.54) is 11.8 Å². The summed E-state index contributed by atoms with van der Waals surface area (Å²) in [5, 5.41) is 11.2. The second-order valence-electron chi connectivity index (χ2n) is 5.15. The van der Waals surface area contributed by atoms with Crippen molar-refractivity contribution in [1.29, 1.82) is 0 Å². The van der Waals surface area contributed by atoms with Crippen LogP contribution >= 0.6 is 11.8 Å². The highest BCUT2D eigenvalue weighted by molar-refractivity contribution is 7.98. The Morgan fingerprint density at radius 3 is 2.71 bits per heavy atom. The molecular weight excluding hydrogens is 294 g/mol. The third-order valence-electron chi connectivity index (χ3n) is 3.52. The molecule has 0 aromatic heterocycles. The molecule has 8 heteroatoms. The maximum Gasteiger partial charge on any atom is 0.325 e. The molecule has 0 bridgehead atoms. The summed E-state index contributed by atoms with van der Waals surface area (Å²) in [5.74, 6) is -0.971. The Labute approximate surface area is 128 Å². The number of likely N-dealkylation sites (tertiary alicyclic amines) is 1. The number of thioether (sulfide) groups is 1. The third-order valence-corrected chi connectivity index (χ3v) is 4.16. The summed E-state index contributed by atoms with van der Waals surface area (Å²) in [6.45, 7) is 1.89. The molecule has 120 valence electrons. The SMILES string of the molecule is CSCCC(N)C(=O)N1CCCC1C(=O)NC(C)C(=O)O. The highest BCUT2D eigenvalue weighted by Gasteiger charge is 2.36. The van der Waals surface area contributed by atoms with Crippen molar-refractivity contribution in [3.8, 4) is 0 Å². The van der Waals surface area contributed by atoms with Gasteiger partial charge in [-0.1, -0.05) is 0 Å². The van der Waals surface area contributed by atoms with Crippen LogP contribution in [0.1, 0.15) is 26.2 Å². The molecular formula is C13H23N3O4S. The molecule has 21 heavy (non-hydrogen) atoms. The Kier molecular flexibility index (Phi) is 6.97. The number of nitrogens with two attached hydrogens (primary N) is 1. The number of nitrogens with one attached hydrogen (secondary N) is 1. The first-order valence-electron chi connectivity index (χ1n) is 6.96. The Morgan fingerprint density at radius 2 is 2.14 bits per heavy atom. The van der Waals surface area contributed by atoms with Crippen LogP contribution in [0, 0.1) is 0 Å². The van der Waals surface area contributed by atoms with Gasteiger partial charge in [0.25, 0.3) is 0 Å². The summed E-state index contributed by atoms with van der Waals surface area (Å²) < 4.78 is 0. The first-order chi connectivity index (χ1) is 9.88. The largest absolute Gasteiger partial charge is 0.480 e. The Morgan fingerprint density at radius 1 is 1.48 bits per heavy atom. The third kappa shape index (κ3) is 4.89. The van der Waals surface area contributed by atoms with Crippen molar-refractivity contribution >= 4 is 29.5 Å². The number of carboxylic acid groups (broad SMARTS) is 1. The molecule has 1 aliphatic rings. The standard InChI is InChI=1S/C13H23N3O4S/c1-8(13(19)20)15-11(17)10-4-3-6-16(10)12(18)9(14)5-7-21-2/h8-10H,3-7,14H2,1-2H3,(H,15,17)(H,19,20). The Balaban J connectivity index is 2.63. The number of nitrogens with zero attached hydrogens (tertiary/aromatic N) is 1. The number of carboxylic acids is 1. The van der Waals surface area contributed by atoms with Gasteiger partial charge in [-0.2, -0.15) is 11.8 Å². The van der Waals surface area contributed by atoms with E-state index >= 15 is 0 Å². The van der Waals surface area contributed by atoms with Gasteiger partial charge < -0.3 is 21.1 Å². The molecule has 4 N–H and O–H groups in total. The molecule has 1 saturated heterocycles. The van der Waals surface area contributed by atoms with Gasteiger partial charge in [-0.05, 0) is 38.2 Å². The Bertz CT molecular complexity index is 405. The second-order valence-corrected chi connectivity index (χ2v) is 6.13. The van der Waals surface area contributed by atoms with Crippen LogP contribution in [-0.4, -0.2) is 64.5 Å². The van der Waals surface area contributed by atoms with Crippen LogP contribution in [0.25, 0.3) is 0 Å². The fourth-order valence-electron chi connectivity index (χ4n) is 2.26. The lowest BCUT2D eigenvalue weighted by molar-refractivity contribution is -0.143. The predicted molar refractivity (Wildman–Crippen MR) is 80.9 cm³/mol. The predicted octanol–water partition coefficient (Wildman–Crippen LogP) is -0.353. The Hall–Kier alpha value is -1.28. The van der Waals surface area contributed by atoms with E-state index in [9.17, 15) is 14.4 Å². The van der Waals surface area contributed by atoms with E-state index in [1.807, 2.05) is 6.26 Å². The summed E-state index contributed by atoms with van der Waals surface area (Å²) >= 11 is 1.61. The molecule has 3 unspecified atom stereocenters. The van der Waals surface area contributed by atoms with Gasteiger partial charge in [0.1, 0.15) is 12.1 Å². The topological polar surface area (TPSA) is 113 Å². The van der Waals surface area contributed by atoms with E-state index in [-0.39, 0.29) is 5.91 Å². The normalized spacial score (nSPS) is 20.9. The highest BCUT2D eigenvalue weighted by atomic mass is 32.2. The molecule has 7 nitrogen and oxygen atoms in total. The lowest BCUT2D eigenvalue weighted by atomic mass is 10.1. The van der Waals surface area contributed by atoms with Crippen LogP contribution < -0.4 is 11.1 Å². The number of carbonyl (C=O) groups is 3. The van der Waals surface area contributed by atoms with E-state index in [2.05, 4.69) is 5.32 Å². The van der Waals surface area contributed by atoms with Crippen molar-refractivity contribution < 1.29 is 19.5 Å². The number of aliphatic carboxylic acids is 1. The maximum atomic E-state index is 12.3. The van der Waals surface area contributed by atoms with Crippen LogP contribution in [-0.2, 0) is 14.4 Å². The van der Waals surface area contributed by atoms with E-state index in [4.69, 9.17) is 10.8 Å². The van der Waals surface area contributed by atoms with E-state index in [1.54, 1.807) is 11.8 Å². The molecule has 2 amide bonds. The molecule has 1 fully saturated rings. The van der Waals surface area contributed by atoms with Crippen molar-refractivity contribution in [2.24, 2.45) is 5.73 Å². The van der Waals surface area contributed by atoms with Crippen LogP contribution in [0.5, 0.6) is 0 Å². The maximum absolute atomic E-state index is 12.3. The summed E-state index contributed by atoms with van der Waals surface area (Å²) in [6.07, 6.45) is 3.77. The first-order valence-corrected chi connectivity index (χ1v) is 8.36. The number of carbonyl (C=O) groups excluding carboxylic acids is 2. The summed E-state index contributed by atoms with van der Waals surface area (Å²) in [6, 6.07) is -2.19. The van der Waals surface area contributed by atoms with E-state index in [0.29, 0.717) is 19.4 Å². The van der Waals surface area contributed by atoms with Crippen molar-refractivity contribution in [2.75, 3.05) is 18.6 Å². The van der Waals surface area contributed by atoms with Gasteiger partial charge in [-0.15, -0.1) is 0 Å². The summed E-state index contributed by atoms with van der Waals surface area (Å²) in [5.41, 5.74) is 5.86. The zero-order valence-corrected chi connectivity index (χ0v) is 13.2. The number of hydrogen-bond donors (Lipinski definition) is 3. The number of amides is 2. The molecule has 0 saturated carbocycles. The minimum absolute atomic E-state index is 0.232. The van der Waals surface area contributed by atoms with Crippen molar-refractivity contribution in [2.45, 2.75) is 44.3 Å². The van der Waals surface area contributed by atoms with Crippen LogP contribution in [0.15, 0.2) is 0 Å². The number of rotatable bonds is 7. The lowest BCUT2D eigenvalue weighted by Crippen LogP contribution is -2.53. The monoisotopic (exact) mass is 317 g/mol. The molecule has 0 aromatic rings. The van der Waals surface area contributed by atoms with Gasteiger partial charge >= 0.3 is 5.97 Å². The average Bonchev–Trinajstić information content (AvgIpc) is 2.92. The molecule has 0 aromatic carbocycles. The molecule has 1 rings (SSSR count).